The third-order valence-corrected chi connectivity index (χ3v) is 6.99. The molecular formula is C30H29F3O3. The number of hydrogen-bond acceptors (Lipinski definition) is 3. The lowest BCUT2D eigenvalue weighted by Crippen LogP contribution is -2.15. The second-order valence-electron chi connectivity index (χ2n) is 9.72. The fourth-order valence-electron chi connectivity index (χ4n) is 4.96. The van der Waals surface area contributed by atoms with E-state index in [-0.39, 0.29) is 41.3 Å². The largest absolute Gasteiger partial charge is 0.507 e. The van der Waals surface area contributed by atoms with Crippen molar-refractivity contribution in [2.45, 2.75) is 65.0 Å². The molecule has 0 radical (unpaired) electrons. The average molecular weight is 495 g/mol. The van der Waals surface area contributed by atoms with Gasteiger partial charge in [-0.3, -0.25) is 9.59 Å². The zero-order valence-electron chi connectivity index (χ0n) is 20.5. The summed E-state index contributed by atoms with van der Waals surface area (Å²) in [4.78, 5) is 24.3. The molecule has 3 aromatic carbocycles. The highest BCUT2D eigenvalue weighted by Gasteiger charge is 2.32. The predicted octanol–water partition coefficient (Wildman–Crippen LogP) is 6.42. The molecule has 0 spiro atoms. The van der Waals surface area contributed by atoms with E-state index < -0.39 is 11.7 Å². The van der Waals surface area contributed by atoms with Crippen LogP contribution >= 0.6 is 0 Å². The Kier molecular flexibility index (Phi) is 7.34. The predicted molar refractivity (Wildman–Crippen MR) is 132 cm³/mol. The number of rotatable bonds is 7. The fourth-order valence-corrected chi connectivity index (χ4v) is 4.96. The first-order valence-electron chi connectivity index (χ1n) is 12.1. The number of hydrogen-bond donors (Lipinski definition) is 1. The normalized spacial score (nSPS) is 13.5. The number of benzene rings is 3. The lowest BCUT2D eigenvalue weighted by molar-refractivity contribution is -0.137. The lowest BCUT2D eigenvalue weighted by atomic mass is 9.85. The second-order valence-corrected chi connectivity index (χ2v) is 9.72. The summed E-state index contributed by atoms with van der Waals surface area (Å²) >= 11 is 0. The van der Waals surface area contributed by atoms with Crippen molar-refractivity contribution in [3.8, 4) is 5.75 Å². The number of aryl methyl sites for hydroxylation is 3. The van der Waals surface area contributed by atoms with Crippen molar-refractivity contribution in [2.75, 3.05) is 0 Å². The fraction of sp³-hybridized carbons (Fsp3) is 0.333. The Morgan fingerprint density at radius 2 is 1.72 bits per heavy atom. The van der Waals surface area contributed by atoms with Crippen LogP contribution in [0.2, 0.25) is 0 Å². The summed E-state index contributed by atoms with van der Waals surface area (Å²) in [6, 6.07) is 14.0. The molecule has 0 fully saturated rings. The molecule has 6 heteroatoms. The standard InChI is InChI=1S/C30H29F3O3/c1-18-12-20(6-8-21(18)14-22-4-3-5-23-16-27(35)10-11-28(22)23)7-9-26(34)17-24-15-25(30(31,32)33)13-19(2)29(24)36/h3-6,8,12-13,15,36H,7,9-11,14,16-17H2,1-2H3. The smallest absolute Gasteiger partial charge is 0.416 e. The maximum Gasteiger partial charge on any atom is 0.416 e. The Morgan fingerprint density at radius 3 is 2.44 bits per heavy atom. The molecule has 3 aromatic rings. The Bertz CT molecular complexity index is 1320. The van der Waals surface area contributed by atoms with Crippen LogP contribution in [0.25, 0.3) is 0 Å². The van der Waals surface area contributed by atoms with Crippen LogP contribution in [0.3, 0.4) is 0 Å². The van der Waals surface area contributed by atoms with E-state index in [2.05, 4.69) is 12.1 Å². The van der Waals surface area contributed by atoms with Crippen LogP contribution in [0.1, 0.15) is 62.9 Å². The number of carbonyl (C=O) groups is 2. The molecule has 1 N–H and O–H groups in total. The van der Waals surface area contributed by atoms with Gasteiger partial charge in [0.2, 0.25) is 0 Å². The number of fused-ring (bicyclic) bond motifs is 1. The van der Waals surface area contributed by atoms with Crippen molar-refractivity contribution in [1.82, 2.24) is 0 Å². The van der Waals surface area contributed by atoms with Crippen LogP contribution in [-0.4, -0.2) is 16.7 Å². The van der Waals surface area contributed by atoms with Gasteiger partial charge in [0.15, 0.2) is 0 Å². The van der Waals surface area contributed by atoms with Crippen LogP contribution in [-0.2, 0) is 47.9 Å². The number of Topliss-reactive ketones (excluding diaryl/α,β-unsaturated/α-hetero) is 2. The van der Waals surface area contributed by atoms with E-state index in [0.717, 1.165) is 41.7 Å². The summed E-state index contributed by atoms with van der Waals surface area (Å²) in [6.45, 7) is 3.43. The topological polar surface area (TPSA) is 54.4 Å². The van der Waals surface area contributed by atoms with E-state index in [1.54, 1.807) is 0 Å². The van der Waals surface area contributed by atoms with Crippen LogP contribution in [0, 0.1) is 13.8 Å². The minimum atomic E-state index is -4.54. The SMILES string of the molecule is Cc1cc(CCC(=O)Cc2cc(C(F)(F)F)cc(C)c2O)ccc1Cc1cccc2c1CCC(=O)C2. The van der Waals surface area contributed by atoms with Crippen LogP contribution < -0.4 is 0 Å². The van der Waals surface area contributed by atoms with Crippen molar-refractivity contribution in [1.29, 1.82) is 0 Å². The molecule has 0 saturated heterocycles. The van der Waals surface area contributed by atoms with Gasteiger partial charge in [0, 0.05) is 31.2 Å². The van der Waals surface area contributed by atoms with E-state index in [1.807, 2.05) is 31.2 Å². The number of aromatic hydroxyl groups is 1. The van der Waals surface area contributed by atoms with Crippen molar-refractivity contribution >= 4 is 11.6 Å². The van der Waals surface area contributed by atoms with Gasteiger partial charge in [0.25, 0.3) is 0 Å². The van der Waals surface area contributed by atoms with E-state index in [4.69, 9.17) is 0 Å². The second kappa shape index (κ2) is 10.3. The maximum atomic E-state index is 13.1. The molecular weight excluding hydrogens is 465 g/mol. The Hall–Kier alpha value is -3.41. The molecule has 188 valence electrons. The zero-order valence-corrected chi connectivity index (χ0v) is 20.5. The van der Waals surface area contributed by atoms with Crippen LogP contribution in [0.4, 0.5) is 13.2 Å². The molecule has 0 bridgehead atoms. The van der Waals surface area contributed by atoms with Gasteiger partial charge in [-0.25, -0.2) is 0 Å². The number of carbonyl (C=O) groups excluding carboxylic acids is 2. The maximum absolute atomic E-state index is 13.1. The molecule has 0 aliphatic heterocycles. The van der Waals surface area contributed by atoms with Gasteiger partial charge in [-0.15, -0.1) is 0 Å². The number of ketones is 2. The first-order chi connectivity index (χ1) is 17.0. The molecule has 0 heterocycles. The lowest BCUT2D eigenvalue weighted by Gasteiger charge is -2.19. The van der Waals surface area contributed by atoms with Crippen LogP contribution in [0.15, 0.2) is 48.5 Å². The van der Waals surface area contributed by atoms with E-state index >= 15 is 0 Å². The van der Waals surface area contributed by atoms with Crippen molar-refractivity contribution in [3.05, 3.63) is 98.6 Å². The Labute approximate surface area is 209 Å². The Morgan fingerprint density at radius 1 is 0.944 bits per heavy atom. The van der Waals surface area contributed by atoms with Gasteiger partial charge in [-0.2, -0.15) is 13.2 Å². The van der Waals surface area contributed by atoms with Crippen molar-refractivity contribution in [3.63, 3.8) is 0 Å². The quantitative estimate of drug-likeness (QED) is 0.412. The third-order valence-electron chi connectivity index (χ3n) is 6.99. The van der Waals surface area contributed by atoms with E-state index in [1.165, 1.54) is 23.6 Å². The number of phenolic OH excluding ortho intramolecular Hbond substituents is 1. The summed E-state index contributed by atoms with van der Waals surface area (Å²) in [5.74, 6) is -0.201. The summed E-state index contributed by atoms with van der Waals surface area (Å²) in [7, 11) is 0. The van der Waals surface area contributed by atoms with E-state index in [0.29, 0.717) is 19.3 Å². The van der Waals surface area contributed by atoms with Crippen molar-refractivity contribution < 1.29 is 27.9 Å². The summed E-state index contributed by atoms with van der Waals surface area (Å²) < 4.78 is 39.3. The highest BCUT2D eigenvalue weighted by atomic mass is 19.4. The molecule has 1 aliphatic rings. The molecule has 0 unspecified atom stereocenters. The Balaban J connectivity index is 1.41. The first-order valence-corrected chi connectivity index (χ1v) is 12.1. The van der Waals surface area contributed by atoms with Gasteiger partial charge in [-0.1, -0.05) is 36.4 Å². The van der Waals surface area contributed by atoms with Gasteiger partial charge < -0.3 is 5.11 Å². The minimum Gasteiger partial charge on any atom is -0.507 e. The average Bonchev–Trinajstić information content (AvgIpc) is 2.81. The summed E-state index contributed by atoms with van der Waals surface area (Å²) in [5.41, 5.74) is 6.15. The molecule has 0 aromatic heterocycles. The highest BCUT2D eigenvalue weighted by Crippen LogP contribution is 2.35. The number of halogens is 3. The van der Waals surface area contributed by atoms with Gasteiger partial charge in [-0.05, 0) is 84.2 Å². The summed E-state index contributed by atoms with van der Waals surface area (Å²) in [6.07, 6.45) is -1.47. The van der Waals surface area contributed by atoms with Gasteiger partial charge in [0.05, 0.1) is 5.56 Å². The molecule has 0 amide bonds. The van der Waals surface area contributed by atoms with Gasteiger partial charge in [0.1, 0.15) is 17.3 Å². The van der Waals surface area contributed by atoms with Crippen LogP contribution in [0.5, 0.6) is 5.75 Å². The number of phenols is 1. The minimum absolute atomic E-state index is 0.00625. The molecule has 36 heavy (non-hydrogen) atoms. The highest BCUT2D eigenvalue weighted by molar-refractivity contribution is 5.83. The monoisotopic (exact) mass is 494 g/mol. The zero-order chi connectivity index (χ0) is 26.0. The van der Waals surface area contributed by atoms with Gasteiger partial charge >= 0.3 is 6.18 Å². The molecule has 1 aliphatic carbocycles. The van der Waals surface area contributed by atoms with Crippen molar-refractivity contribution in [2.24, 2.45) is 0 Å². The molecule has 4 rings (SSSR count). The number of alkyl halides is 3. The molecule has 0 saturated carbocycles. The first kappa shape index (κ1) is 25.7. The summed E-state index contributed by atoms with van der Waals surface area (Å²) in [5, 5.41) is 10.2. The molecule has 3 nitrogen and oxygen atoms in total. The third kappa shape index (κ3) is 5.86. The van der Waals surface area contributed by atoms with E-state index in [9.17, 15) is 27.9 Å². The molecule has 0 atom stereocenters.